The Balaban J connectivity index is 2.78. The molecule has 0 bridgehead atoms. The Hall–Kier alpha value is -1.21. The van der Waals surface area contributed by atoms with Crippen LogP contribution in [0.1, 0.15) is 32.6 Å². The zero-order valence-electron chi connectivity index (χ0n) is 10.7. The van der Waals surface area contributed by atoms with Gasteiger partial charge in [0.25, 0.3) is 0 Å². The zero-order chi connectivity index (χ0) is 14.5. The van der Waals surface area contributed by atoms with Gasteiger partial charge in [0.1, 0.15) is 4.90 Å². The van der Waals surface area contributed by atoms with Crippen LogP contribution in [0.25, 0.3) is 0 Å². The number of nitrogens with two attached hydrogens (primary N) is 1. The quantitative estimate of drug-likeness (QED) is 0.599. The number of sulfonamides is 1. The first-order valence-electron chi connectivity index (χ1n) is 6.12. The molecule has 108 valence electrons. The van der Waals surface area contributed by atoms with E-state index in [1.54, 1.807) is 0 Å². The number of nitrogen functional groups attached to an aromatic ring is 1. The molecule has 0 saturated heterocycles. The summed E-state index contributed by atoms with van der Waals surface area (Å²) in [6.45, 7) is 2.23. The summed E-state index contributed by atoms with van der Waals surface area (Å²) in [7, 11) is -4.07. The first-order chi connectivity index (χ1) is 8.88. The zero-order valence-corrected chi connectivity index (χ0v) is 11.6. The van der Waals surface area contributed by atoms with Gasteiger partial charge in [0.05, 0.1) is 0 Å². The predicted octanol–water partition coefficient (Wildman–Crippen LogP) is 2.41. The lowest BCUT2D eigenvalue weighted by Crippen LogP contribution is -2.26. The number of unbranched alkanes of at least 4 members (excludes halogenated alkanes) is 3. The molecule has 3 N–H and O–H groups in total. The van der Waals surface area contributed by atoms with E-state index < -0.39 is 26.6 Å². The van der Waals surface area contributed by atoms with Crippen molar-refractivity contribution in [2.45, 2.75) is 37.5 Å². The molecule has 0 spiro atoms. The van der Waals surface area contributed by atoms with Gasteiger partial charge in [-0.25, -0.2) is 21.9 Å². The van der Waals surface area contributed by atoms with Crippen LogP contribution in [0.3, 0.4) is 0 Å². The normalized spacial score (nSPS) is 11.7. The van der Waals surface area contributed by atoms with E-state index in [4.69, 9.17) is 5.73 Å². The average molecular weight is 292 g/mol. The highest BCUT2D eigenvalue weighted by molar-refractivity contribution is 7.89. The SMILES string of the molecule is CCCCCCNS(=O)(=O)c1cc(N)cc(F)c1F. The van der Waals surface area contributed by atoms with E-state index in [2.05, 4.69) is 4.72 Å². The minimum Gasteiger partial charge on any atom is -0.399 e. The van der Waals surface area contributed by atoms with Gasteiger partial charge in [-0.1, -0.05) is 26.2 Å². The summed E-state index contributed by atoms with van der Waals surface area (Å²) in [4.78, 5) is -0.750. The van der Waals surface area contributed by atoms with E-state index in [-0.39, 0.29) is 12.2 Å². The molecule has 0 atom stereocenters. The van der Waals surface area contributed by atoms with Gasteiger partial charge in [-0.2, -0.15) is 0 Å². The number of halogens is 2. The van der Waals surface area contributed by atoms with Gasteiger partial charge in [0, 0.05) is 12.2 Å². The second kappa shape index (κ2) is 6.81. The molecule has 0 aliphatic carbocycles. The van der Waals surface area contributed by atoms with Crippen molar-refractivity contribution in [3.05, 3.63) is 23.8 Å². The molecular formula is C12H18F2N2O2S. The highest BCUT2D eigenvalue weighted by Crippen LogP contribution is 2.20. The second-order valence-electron chi connectivity index (χ2n) is 4.27. The van der Waals surface area contributed by atoms with Crippen molar-refractivity contribution in [3.63, 3.8) is 0 Å². The van der Waals surface area contributed by atoms with Crippen LogP contribution in [0.2, 0.25) is 0 Å². The molecule has 0 radical (unpaired) electrons. The molecule has 7 heteroatoms. The van der Waals surface area contributed by atoms with Crippen LogP contribution >= 0.6 is 0 Å². The van der Waals surface area contributed by atoms with Gasteiger partial charge < -0.3 is 5.73 Å². The second-order valence-corrected chi connectivity index (χ2v) is 6.01. The lowest BCUT2D eigenvalue weighted by Gasteiger charge is -2.09. The van der Waals surface area contributed by atoms with Gasteiger partial charge in [0.2, 0.25) is 10.0 Å². The van der Waals surface area contributed by atoms with Crippen molar-refractivity contribution in [2.75, 3.05) is 12.3 Å². The number of hydrogen-bond acceptors (Lipinski definition) is 3. The lowest BCUT2D eigenvalue weighted by molar-refractivity contribution is 0.483. The van der Waals surface area contributed by atoms with Gasteiger partial charge >= 0.3 is 0 Å². The predicted molar refractivity (Wildman–Crippen MR) is 70.1 cm³/mol. The van der Waals surface area contributed by atoms with Crippen molar-refractivity contribution in [1.29, 1.82) is 0 Å². The molecule has 0 unspecified atom stereocenters. The highest BCUT2D eigenvalue weighted by atomic mass is 32.2. The maximum absolute atomic E-state index is 13.5. The molecule has 1 aromatic rings. The topological polar surface area (TPSA) is 72.2 Å². The van der Waals surface area contributed by atoms with Crippen molar-refractivity contribution in [2.24, 2.45) is 0 Å². The van der Waals surface area contributed by atoms with E-state index in [1.165, 1.54) is 0 Å². The minimum atomic E-state index is -4.07. The molecule has 0 amide bonds. The maximum atomic E-state index is 13.5. The molecule has 0 aromatic heterocycles. The Bertz CT molecular complexity index is 533. The van der Waals surface area contributed by atoms with Gasteiger partial charge in [-0.05, 0) is 18.6 Å². The fourth-order valence-electron chi connectivity index (χ4n) is 1.62. The van der Waals surface area contributed by atoms with Crippen LogP contribution < -0.4 is 10.5 Å². The van der Waals surface area contributed by atoms with Gasteiger partial charge in [-0.3, -0.25) is 0 Å². The molecule has 0 heterocycles. The maximum Gasteiger partial charge on any atom is 0.243 e. The van der Waals surface area contributed by atoms with Crippen LogP contribution in [0.5, 0.6) is 0 Å². The lowest BCUT2D eigenvalue weighted by atomic mass is 10.2. The largest absolute Gasteiger partial charge is 0.399 e. The molecule has 0 aliphatic heterocycles. The Morgan fingerprint density at radius 2 is 1.89 bits per heavy atom. The summed E-state index contributed by atoms with van der Waals surface area (Å²) in [6.07, 6.45) is 3.57. The minimum absolute atomic E-state index is 0.134. The number of rotatable bonds is 7. The van der Waals surface area contributed by atoms with Crippen molar-refractivity contribution in [1.82, 2.24) is 4.72 Å². The molecule has 0 aliphatic rings. The number of hydrogen-bond donors (Lipinski definition) is 2. The van der Waals surface area contributed by atoms with Crippen molar-refractivity contribution >= 4 is 15.7 Å². The summed E-state index contributed by atoms with van der Waals surface area (Å²) in [6, 6.07) is 1.66. The van der Waals surface area contributed by atoms with E-state index >= 15 is 0 Å². The van der Waals surface area contributed by atoms with Crippen molar-refractivity contribution < 1.29 is 17.2 Å². The van der Waals surface area contributed by atoms with Crippen LogP contribution in [0.4, 0.5) is 14.5 Å². The molecular weight excluding hydrogens is 274 g/mol. The summed E-state index contributed by atoms with van der Waals surface area (Å²) in [5.74, 6) is -2.68. The Labute approximate surface area is 112 Å². The number of nitrogens with one attached hydrogen (secondary N) is 1. The molecule has 4 nitrogen and oxygen atoms in total. The third-order valence-electron chi connectivity index (χ3n) is 2.63. The standard InChI is InChI=1S/C12H18F2N2O2S/c1-2-3-4-5-6-16-19(17,18)11-8-9(15)7-10(13)12(11)14/h7-8,16H,2-6,15H2,1H3. The summed E-state index contributed by atoms with van der Waals surface area (Å²) < 4.78 is 52.4. The Kier molecular flexibility index (Phi) is 5.68. The van der Waals surface area contributed by atoms with Gasteiger partial charge in [-0.15, -0.1) is 0 Å². The van der Waals surface area contributed by atoms with Gasteiger partial charge in [0.15, 0.2) is 11.6 Å². The molecule has 1 aromatic carbocycles. The first kappa shape index (κ1) is 15.8. The van der Waals surface area contributed by atoms with Crippen LogP contribution in [0, 0.1) is 11.6 Å². The monoisotopic (exact) mass is 292 g/mol. The fraction of sp³-hybridized carbons (Fsp3) is 0.500. The van der Waals surface area contributed by atoms with E-state index in [1.807, 2.05) is 6.92 Å². The Morgan fingerprint density at radius 1 is 1.21 bits per heavy atom. The van der Waals surface area contributed by atoms with Crippen molar-refractivity contribution in [3.8, 4) is 0 Å². The summed E-state index contributed by atoms with van der Waals surface area (Å²) in [5, 5.41) is 0. The third-order valence-corrected chi connectivity index (χ3v) is 4.09. The fourth-order valence-corrected chi connectivity index (χ4v) is 2.81. The smallest absolute Gasteiger partial charge is 0.243 e. The number of benzene rings is 1. The first-order valence-corrected chi connectivity index (χ1v) is 7.61. The van der Waals surface area contributed by atoms with Crippen LogP contribution in [-0.4, -0.2) is 15.0 Å². The summed E-state index contributed by atoms with van der Waals surface area (Å²) in [5.41, 5.74) is 5.19. The highest BCUT2D eigenvalue weighted by Gasteiger charge is 2.22. The summed E-state index contributed by atoms with van der Waals surface area (Å²) >= 11 is 0. The molecule has 1 rings (SSSR count). The molecule has 0 fully saturated rings. The molecule has 0 saturated carbocycles. The van der Waals surface area contributed by atoms with E-state index in [0.717, 1.165) is 31.4 Å². The Morgan fingerprint density at radius 3 is 2.53 bits per heavy atom. The molecule has 19 heavy (non-hydrogen) atoms. The van der Waals surface area contributed by atoms with E-state index in [9.17, 15) is 17.2 Å². The number of anilines is 1. The van der Waals surface area contributed by atoms with Crippen LogP contribution in [-0.2, 0) is 10.0 Å². The van der Waals surface area contributed by atoms with E-state index in [0.29, 0.717) is 6.42 Å². The third kappa shape index (κ3) is 4.43. The van der Waals surface area contributed by atoms with Crippen LogP contribution in [0.15, 0.2) is 17.0 Å². The average Bonchev–Trinajstić information content (AvgIpc) is 2.33.